The van der Waals surface area contributed by atoms with E-state index in [0.717, 1.165) is 27.6 Å². The molecule has 2 rings (SSSR count). The summed E-state index contributed by atoms with van der Waals surface area (Å²) in [5.41, 5.74) is 1.90. The smallest absolute Gasteiger partial charge is 0.123 e. The summed E-state index contributed by atoms with van der Waals surface area (Å²) in [5.74, 6) is -0.186. The predicted octanol–water partition coefficient (Wildman–Crippen LogP) is 3.60. The summed E-state index contributed by atoms with van der Waals surface area (Å²) in [6.45, 7) is 6.77. The van der Waals surface area contributed by atoms with Crippen molar-refractivity contribution in [3.05, 3.63) is 51.2 Å². The highest BCUT2D eigenvalue weighted by Gasteiger charge is 2.16. The normalized spacial score (nSPS) is 12.7. The molecule has 0 radical (unpaired) electrons. The molecule has 1 aromatic carbocycles. The van der Waals surface area contributed by atoms with Gasteiger partial charge in [0.15, 0.2) is 0 Å². The van der Waals surface area contributed by atoms with Crippen LogP contribution >= 0.6 is 11.3 Å². The van der Waals surface area contributed by atoms with E-state index in [1.54, 1.807) is 23.5 Å². The summed E-state index contributed by atoms with van der Waals surface area (Å²) in [7, 11) is 0. The van der Waals surface area contributed by atoms with E-state index in [4.69, 9.17) is 0 Å². The van der Waals surface area contributed by atoms with E-state index in [1.807, 2.05) is 33.0 Å². The van der Waals surface area contributed by atoms with Gasteiger partial charge < -0.3 is 5.32 Å². The molecule has 0 aliphatic carbocycles. The molecule has 0 aliphatic heterocycles. The lowest BCUT2D eigenvalue weighted by Crippen LogP contribution is -2.21. The summed E-state index contributed by atoms with van der Waals surface area (Å²) in [5, 5.41) is 4.42. The van der Waals surface area contributed by atoms with Gasteiger partial charge in [-0.1, -0.05) is 13.0 Å². The van der Waals surface area contributed by atoms with Crippen LogP contribution in [0.25, 0.3) is 0 Å². The minimum absolute atomic E-state index is 0.0237. The number of hydrogen-bond donors (Lipinski definition) is 1. The van der Waals surface area contributed by atoms with E-state index in [1.165, 1.54) is 0 Å². The molecule has 1 aromatic heterocycles. The van der Waals surface area contributed by atoms with E-state index in [9.17, 15) is 4.39 Å². The fraction of sp³-hybridized carbons (Fsp3) is 0.357. The molecule has 1 N–H and O–H groups in total. The lowest BCUT2D eigenvalue weighted by atomic mass is 10.0. The molecule has 0 aliphatic rings. The standard InChI is InChI=1S/C14H17FN2S/c1-4-16-14(13-8-17-10(3)18-13)11-5-9(2)6-12(15)7-11/h5-8,14,16H,4H2,1-3H3. The number of nitrogens with one attached hydrogen (secondary N) is 1. The molecule has 2 nitrogen and oxygen atoms in total. The molecule has 0 spiro atoms. The minimum atomic E-state index is -0.186. The lowest BCUT2D eigenvalue weighted by Gasteiger charge is -2.17. The molecule has 1 atom stereocenters. The third-order valence-corrected chi connectivity index (χ3v) is 3.71. The monoisotopic (exact) mass is 264 g/mol. The van der Waals surface area contributed by atoms with Crippen molar-refractivity contribution in [2.75, 3.05) is 6.54 Å². The summed E-state index contributed by atoms with van der Waals surface area (Å²) in [4.78, 5) is 5.40. The first kappa shape index (κ1) is 13.2. The highest BCUT2D eigenvalue weighted by molar-refractivity contribution is 7.11. The van der Waals surface area contributed by atoms with Crippen LogP contribution in [-0.4, -0.2) is 11.5 Å². The number of aromatic nitrogens is 1. The summed E-state index contributed by atoms with van der Waals surface area (Å²) in [6, 6.07) is 5.18. The number of rotatable bonds is 4. The molecule has 0 bridgehead atoms. The first-order chi connectivity index (χ1) is 8.60. The average Bonchev–Trinajstić information content (AvgIpc) is 2.71. The van der Waals surface area contributed by atoms with E-state index in [-0.39, 0.29) is 11.9 Å². The second kappa shape index (κ2) is 5.59. The predicted molar refractivity (Wildman–Crippen MR) is 73.5 cm³/mol. The maximum atomic E-state index is 13.5. The summed E-state index contributed by atoms with van der Waals surface area (Å²) >= 11 is 1.65. The van der Waals surface area contributed by atoms with Crippen molar-refractivity contribution in [2.24, 2.45) is 0 Å². The van der Waals surface area contributed by atoms with Crippen LogP contribution < -0.4 is 5.32 Å². The number of benzene rings is 1. The zero-order valence-corrected chi connectivity index (χ0v) is 11.6. The van der Waals surface area contributed by atoms with Crippen molar-refractivity contribution in [3.8, 4) is 0 Å². The van der Waals surface area contributed by atoms with Crippen molar-refractivity contribution < 1.29 is 4.39 Å². The molecule has 96 valence electrons. The van der Waals surface area contributed by atoms with Gasteiger partial charge in [-0.15, -0.1) is 11.3 Å². The third kappa shape index (κ3) is 2.94. The molecule has 1 unspecified atom stereocenters. The SMILES string of the molecule is CCNC(c1cc(C)cc(F)c1)c1cnc(C)s1. The number of hydrogen-bond acceptors (Lipinski definition) is 3. The molecular formula is C14H17FN2S. The molecule has 1 heterocycles. The fourth-order valence-corrected chi connectivity index (χ4v) is 2.92. The molecule has 0 fully saturated rings. The molecule has 0 saturated carbocycles. The Labute approximate surface area is 111 Å². The van der Waals surface area contributed by atoms with Crippen molar-refractivity contribution in [1.29, 1.82) is 0 Å². The van der Waals surface area contributed by atoms with Gasteiger partial charge in [0.2, 0.25) is 0 Å². The third-order valence-electron chi connectivity index (χ3n) is 2.73. The van der Waals surface area contributed by atoms with Crippen LogP contribution in [0.5, 0.6) is 0 Å². The first-order valence-electron chi connectivity index (χ1n) is 6.03. The second-order valence-electron chi connectivity index (χ2n) is 4.33. The highest BCUT2D eigenvalue weighted by atomic mass is 32.1. The lowest BCUT2D eigenvalue weighted by molar-refractivity contribution is 0.605. The van der Waals surface area contributed by atoms with E-state index in [2.05, 4.69) is 10.3 Å². The largest absolute Gasteiger partial charge is 0.306 e. The molecule has 18 heavy (non-hydrogen) atoms. The van der Waals surface area contributed by atoms with Crippen molar-refractivity contribution >= 4 is 11.3 Å². The van der Waals surface area contributed by atoms with Gasteiger partial charge in [-0.2, -0.15) is 0 Å². The van der Waals surface area contributed by atoms with E-state index < -0.39 is 0 Å². The Kier molecular flexibility index (Phi) is 4.09. The molecule has 0 saturated heterocycles. The summed E-state index contributed by atoms with van der Waals surface area (Å²) in [6.07, 6.45) is 1.87. The van der Waals surface area contributed by atoms with Crippen LogP contribution in [0.15, 0.2) is 24.4 Å². The fourth-order valence-electron chi connectivity index (χ4n) is 2.03. The topological polar surface area (TPSA) is 24.9 Å². The van der Waals surface area contributed by atoms with Gasteiger partial charge in [0.05, 0.1) is 11.0 Å². The van der Waals surface area contributed by atoms with E-state index in [0.29, 0.717) is 0 Å². The van der Waals surface area contributed by atoms with Crippen LogP contribution in [-0.2, 0) is 0 Å². The number of aryl methyl sites for hydroxylation is 2. The number of halogens is 1. The van der Waals surface area contributed by atoms with Crippen LogP contribution in [0.3, 0.4) is 0 Å². The maximum absolute atomic E-state index is 13.5. The van der Waals surface area contributed by atoms with Crippen LogP contribution in [0, 0.1) is 19.7 Å². The Morgan fingerprint density at radius 3 is 2.67 bits per heavy atom. The highest BCUT2D eigenvalue weighted by Crippen LogP contribution is 2.27. The van der Waals surface area contributed by atoms with Gasteiger partial charge in [0, 0.05) is 11.1 Å². The Balaban J connectivity index is 2.40. The minimum Gasteiger partial charge on any atom is -0.306 e. The van der Waals surface area contributed by atoms with Gasteiger partial charge in [-0.25, -0.2) is 9.37 Å². The quantitative estimate of drug-likeness (QED) is 0.912. The van der Waals surface area contributed by atoms with Crippen molar-refractivity contribution in [3.63, 3.8) is 0 Å². The zero-order valence-electron chi connectivity index (χ0n) is 10.8. The van der Waals surface area contributed by atoms with Crippen molar-refractivity contribution in [2.45, 2.75) is 26.8 Å². The molecule has 0 amide bonds. The Morgan fingerprint density at radius 1 is 1.33 bits per heavy atom. The molecular weight excluding hydrogens is 247 g/mol. The molecule has 4 heteroatoms. The van der Waals surface area contributed by atoms with E-state index >= 15 is 0 Å². The first-order valence-corrected chi connectivity index (χ1v) is 6.84. The number of nitrogens with zero attached hydrogens (tertiary/aromatic N) is 1. The Morgan fingerprint density at radius 2 is 2.11 bits per heavy atom. The average molecular weight is 264 g/mol. The van der Waals surface area contributed by atoms with Crippen LogP contribution in [0.1, 0.15) is 34.0 Å². The maximum Gasteiger partial charge on any atom is 0.123 e. The zero-order chi connectivity index (χ0) is 13.1. The van der Waals surface area contributed by atoms with Crippen LogP contribution in [0.2, 0.25) is 0 Å². The van der Waals surface area contributed by atoms with Crippen LogP contribution in [0.4, 0.5) is 4.39 Å². The van der Waals surface area contributed by atoms with Crippen molar-refractivity contribution in [1.82, 2.24) is 10.3 Å². The second-order valence-corrected chi connectivity index (χ2v) is 5.60. The van der Waals surface area contributed by atoms with Gasteiger partial charge in [0.25, 0.3) is 0 Å². The van der Waals surface area contributed by atoms with Gasteiger partial charge in [-0.3, -0.25) is 0 Å². The van der Waals surface area contributed by atoms with Gasteiger partial charge in [-0.05, 0) is 43.7 Å². The molecule has 2 aromatic rings. The summed E-state index contributed by atoms with van der Waals surface area (Å²) < 4.78 is 13.5. The Hall–Kier alpha value is -1.26. The van der Waals surface area contributed by atoms with Gasteiger partial charge in [0.1, 0.15) is 5.82 Å². The van der Waals surface area contributed by atoms with Gasteiger partial charge >= 0.3 is 0 Å². The number of thiazole rings is 1. The Bertz CT molecular complexity index is 516.